The van der Waals surface area contributed by atoms with Crippen LogP contribution in [0.3, 0.4) is 0 Å². The molecule has 3 rings (SSSR count). The molecule has 1 atom stereocenters. The van der Waals surface area contributed by atoms with Crippen LogP contribution >= 0.6 is 0 Å². The van der Waals surface area contributed by atoms with E-state index in [0.717, 1.165) is 31.5 Å². The van der Waals surface area contributed by atoms with Crippen molar-refractivity contribution in [3.63, 3.8) is 0 Å². The third-order valence-corrected chi connectivity index (χ3v) is 4.57. The first-order valence-electron chi connectivity index (χ1n) is 8.09. The van der Waals surface area contributed by atoms with E-state index in [9.17, 15) is 9.59 Å². The van der Waals surface area contributed by atoms with Crippen molar-refractivity contribution in [1.82, 2.24) is 15.5 Å². The van der Waals surface area contributed by atoms with Crippen LogP contribution in [0.15, 0.2) is 30.3 Å². The van der Waals surface area contributed by atoms with Crippen molar-refractivity contribution < 1.29 is 9.59 Å². The Bertz CT molecular complexity index is 526. The molecule has 2 fully saturated rings. The Morgan fingerprint density at radius 1 is 1.18 bits per heavy atom. The van der Waals surface area contributed by atoms with Gasteiger partial charge in [-0.3, -0.25) is 9.59 Å². The molecule has 0 radical (unpaired) electrons. The Labute approximate surface area is 131 Å². The monoisotopic (exact) mass is 301 g/mol. The van der Waals surface area contributed by atoms with Crippen LogP contribution in [0.1, 0.15) is 31.2 Å². The Morgan fingerprint density at radius 2 is 1.91 bits per heavy atom. The van der Waals surface area contributed by atoms with E-state index in [4.69, 9.17) is 0 Å². The van der Waals surface area contributed by atoms with Gasteiger partial charge in [0.1, 0.15) is 6.04 Å². The zero-order valence-electron chi connectivity index (χ0n) is 12.8. The lowest BCUT2D eigenvalue weighted by Gasteiger charge is -2.35. The van der Waals surface area contributed by atoms with E-state index in [1.54, 1.807) is 0 Å². The minimum atomic E-state index is -0.292. The number of piperidine rings is 1. The predicted octanol–water partition coefficient (Wildman–Crippen LogP) is 1.05. The molecule has 2 aliphatic rings. The molecule has 0 spiro atoms. The molecule has 0 bridgehead atoms. The van der Waals surface area contributed by atoms with Gasteiger partial charge in [0.05, 0.1) is 0 Å². The number of hydrogen-bond acceptors (Lipinski definition) is 3. The van der Waals surface area contributed by atoms with E-state index >= 15 is 0 Å². The maximum Gasteiger partial charge on any atom is 0.243 e. The maximum absolute atomic E-state index is 12.5. The first kappa shape index (κ1) is 15.0. The molecule has 0 aliphatic carbocycles. The lowest BCUT2D eigenvalue weighted by Crippen LogP contribution is -2.52. The van der Waals surface area contributed by atoms with Crippen LogP contribution in [0, 0.1) is 0 Å². The van der Waals surface area contributed by atoms with Gasteiger partial charge in [0.25, 0.3) is 0 Å². The van der Waals surface area contributed by atoms with Crippen molar-refractivity contribution in [3.8, 4) is 0 Å². The molecule has 0 aromatic heterocycles. The number of nitrogens with zero attached hydrogens (tertiary/aromatic N) is 1. The number of hydrogen-bond donors (Lipinski definition) is 2. The second-order valence-electron chi connectivity index (χ2n) is 6.04. The van der Waals surface area contributed by atoms with Gasteiger partial charge in [0.2, 0.25) is 11.8 Å². The molecule has 1 unspecified atom stereocenters. The zero-order chi connectivity index (χ0) is 15.4. The van der Waals surface area contributed by atoms with Crippen LogP contribution in [0.25, 0.3) is 0 Å². The summed E-state index contributed by atoms with van der Waals surface area (Å²) in [5.74, 6) is 0.111. The van der Waals surface area contributed by atoms with Gasteiger partial charge in [0.15, 0.2) is 0 Å². The number of nitrogens with one attached hydrogen (secondary N) is 2. The van der Waals surface area contributed by atoms with E-state index < -0.39 is 0 Å². The molecule has 5 nitrogen and oxygen atoms in total. The summed E-state index contributed by atoms with van der Waals surface area (Å²) in [6.07, 6.45) is 3.01. The fourth-order valence-corrected chi connectivity index (χ4v) is 3.41. The Morgan fingerprint density at radius 3 is 2.64 bits per heavy atom. The number of carbonyl (C=O) groups is 2. The molecule has 5 heteroatoms. The van der Waals surface area contributed by atoms with E-state index in [-0.39, 0.29) is 23.9 Å². The molecule has 0 saturated carbocycles. The summed E-state index contributed by atoms with van der Waals surface area (Å²) in [7, 11) is 0. The quantitative estimate of drug-likeness (QED) is 0.874. The third kappa shape index (κ3) is 3.30. The highest BCUT2D eigenvalue weighted by molar-refractivity contribution is 5.91. The van der Waals surface area contributed by atoms with E-state index in [1.165, 1.54) is 0 Å². The second-order valence-corrected chi connectivity index (χ2v) is 6.04. The summed E-state index contributed by atoms with van der Waals surface area (Å²) < 4.78 is 0. The number of rotatable bonds is 4. The molecule has 2 heterocycles. The molecule has 22 heavy (non-hydrogen) atoms. The normalized spacial score (nSPS) is 22.8. The molecule has 1 aromatic carbocycles. The van der Waals surface area contributed by atoms with Gasteiger partial charge in [-0.2, -0.15) is 0 Å². The molecule has 2 aliphatic heterocycles. The van der Waals surface area contributed by atoms with Crippen LogP contribution < -0.4 is 10.6 Å². The van der Waals surface area contributed by atoms with Gasteiger partial charge in [0, 0.05) is 19.0 Å². The summed E-state index contributed by atoms with van der Waals surface area (Å²) in [4.78, 5) is 26.5. The van der Waals surface area contributed by atoms with Crippen LogP contribution in [0.4, 0.5) is 0 Å². The molecular weight excluding hydrogens is 278 g/mol. The summed E-state index contributed by atoms with van der Waals surface area (Å²) in [6, 6.07) is 9.78. The van der Waals surface area contributed by atoms with Crippen molar-refractivity contribution in [2.24, 2.45) is 0 Å². The van der Waals surface area contributed by atoms with Crippen molar-refractivity contribution >= 4 is 11.8 Å². The summed E-state index contributed by atoms with van der Waals surface area (Å²) in [5, 5.41) is 6.29. The topological polar surface area (TPSA) is 61.4 Å². The van der Waals surface area contributed by atoms with Crippen molar-refractivity contribution in [2.45, 2.75) is 44.3 Å². The highest BCUT2D eigenvalue weighted by Crippen LogP contribution is 2.25. The van der Waals surface area contributed by atoms with Gasteiger partial charge in [-0.15, -0.1) is 0 Å². The lowest BCUT2D eigenvalue weighted by atomic mass is 10.0. The van der Waals surface area contributed by atoms with Crippen LogP contribution in [-0.4, -0.2) is 41.9 Å². The number of benzene rings is 1. The highest BCUT2D eigenvalue weighted by atomic mass is 16.2. The predicted molar refractivity (Wildman–Crippen MR) is 84.0 cm³/mol. The minimum Gasteiger partial charge on any atom is -0.350 e. The number of carbonyl (C=O) groups excluding carboxylic acids is 2. The fourth-order valence-electron chi connectivity index (χ4n) is 3.41. The smallest absolute Gasteiger partial charge is 0.243 e. The van der Waals surface area contributed by atoms with Gasteiger partial charge in [-0.25, -0.2) is 0 Å². The summed E-state index contributed by atoms with van der Waals surface area (Å²) >= 11 is 0. The average Bonchev–Trinajstić information content (AvgIpc) is 2.96. The largest absolute Gasteiger partial charge is 0.350 e. The van der Waals surface area contributed by atoms with Gasteiger partial charge < -0.3 is 15.5 Å². The van der Waals surface area contributed by atoms with Crippen molar-refractivity contribution in [2.75, 3.05) is 13.1 Å². The first-order valence-corrected chi connectivity index (χ1v) is 8.09. The SMILES string of the molecule is O=C(NCc1ccccc1)C1CCC(=O)N1C1CCNCC1. The van der Waals surface area contributed by atoms with Crippen molar-refractivity contribution in [1.29, 1.82) is 0 Å². The van der Waals surface area contributed by atoms with Crippen LogP contribution in [-0.2, 0) is 16.1 Å². The van der Waals surface area contributed by atoms with E-state index in [1.807, 2.05) is 35.2 Å². The minimum absolute atomic E-state index is 0.0202. The highest BCUT2D eigenvalue weighted by Gasteiger charge is 2.40. The molecular formula is C17H23N3O2. The lowest BCUT2D eigenvalue weighted by molar-refractivity contribution is -0.138. The van der Waals surface area contributed by atoms with E-state index in [2.05, 4.69) is 10.6 Å². The molecule has 2 saturated heterocycles. The Balaban J connectivity index is 1.61. The average molecular weight is 301 g/mol. The maximum atomic E-state index is 12.5. The molecule has 118 valence electrons. The number of likely N-dealkylation sites (tertiary alicyclic amines) is 1. The van der Waals surface area contributed by atoms with Gasteiger partial charge in [-0.1, -0.05) is 30.3 Å². The zero-order valence-corrected chi connectivity index (χ0v) is 12.8. The Hall–Kier alpha value is -1.88. The van der Waals surface area contributed by atoms with Crippen LogP contribution in [0.5, 0.6) is 0 Å². The Kier molecular flexibility index (Phi) is 4.73. The second kappa shape index (κ2) is 6.92. The fraction of sp³-hybridized carbons (Fsp3) is 0.529. The molecule has 2 N–H and O–H groups in total. The molecule has 2 amide bonds. The third-order valence-electron chi connectivity index (χ3n) is 4.57. The standard InChI is InChI=1S/C17H23N3O2/c21-16-7-6-15(20(16)14-8-10-18-11-9-14)17(22)19-12-13-4-2-1-3-5-13/h1-5,14-15,18H,6-12H2,(H,19,22). The van der Waals surface area contributed by atoms with Gasteiger partial charge in [-0.05, 0) is 37.9 Å². The van der Waals surface area contributed by atoms with Crippen molar-refractivity contribution in [3.05, 3.63) is 35.9 Å². The van der Waals surface area contributed by atoms with Gasteiger partial charge >= 0.3 is 0 Å². The summed E-state index contributed by atoms with van der Waals surface area (Å²) in [6.45, 7) is 2.37. The number of amides is 2. The van der Waals surface area contributed by atoms with E-state index in [0.29, 0.717) is 19.4 Å². The molecule has 1 aromatic rings. The van der Waals surface area contributed by atoms with Crippen LogP contribution in [0.2, 0.25) is 0 Å². The first-order chi connectivity index (χ1) is 10.8. The summed E-state index contributed by atoms with van der Waals surface area (Å²) in [5.41, 5.74) is 1.08.